The minimum absolute atomic E-state index is 0.404. The molecule has 1 aliphatic carbocycles. The Morgan fingerprint density at radius 2 is 2.06 bits per heavy atom. The van der Waals surface area contributed by atoms with Gasteiger partial charge < -0.3 is 10.3 Å². The summed E-state index contributed by atoms with van der Waals surface area (Å²) in [4.78, 5) is 4.00. The van der Waals surface area contributed by atoms with Crippen LogP contribution in [0.1, 0.15) is 18.5 Å². The number of aromatic nitrogens is 2. The molecule has 0 saturated heterocycles. The van der Waals surface area contributed by atoms with Gasteiger partial charge in [-0.3, -0.25) is 4.98 Å². The highest BCUT2D eigenvalue weighted by Gasteiger charge is 2.26. The van der Waals surface area contributed by atoms with E-state index in [1.807, 2.05) is 12.1 Å². The highest BCUT2D eigenvalue weighted by molar-refractivity contribution is 5.74. The van der Waals surface area contributed by atoms with Crippen molar-refractivity contribution < 1.29 is 4.52 Å². The number of nitrogens with zero attached hydrogens (tertiary/aromatic N) is 2. The molecule has 0 aromatic carbocycles. The van der Waals surface area contributed by atoms with Crippen LogP contribution in [0.2, 0.25) is 0 Å². The van der Waals surface area contributed by atoms with Crippen LogP contribution in [0.3, 0.4) is 0 Å². The van der Waals surface area contributed by atoms with Crippen molar-refractivity contribution in [2.24, 2.45) is 5.92 Å². The van der Waals surface area contributed by atoms with Crippen molar-refractivity contribution in [1.82, 2.24) is 10.1 Å². The van der Waals surface area contributed by atoms with Crippen LogP contribution in [-0.2, 0) is 6.42 Å². The van der Waals surface area contributed by atoms with Crippen molar-refractivity contribution >= 4 is 5.88 Å². The fourth-order valence-corrected chi connectivity index (χ4v) is 1.90. The predicted molar refractivity (Wildman–Crippen MR) is 60.6 cm³/mol. The molecule has 1 fully saturated rings. The second kappa shape index (κ2) is 3.63. The van der Waals surface area contributed by atoms with Gasteiger partial charge in [0.25, 0.3) is 0 Å². The first-order valence-electron chi connectivity index (χ1n) is 5.49. The lowest BCUT2D eigenvalue weighted by Gasteiger charge is -2.00. The van der Waals surface area contributed by atoms with E-state index >= 15 is 0 Å². The molecule has 4 heteroatoms. The zero-order chi connectivity index (χ0) is 11.0. The average Bonchev–Trinajstić information content (AvgIpc) is 3.04. The van der Waals surface area contributed by atoms with Crippen LogP contribution in [0.4, 0.5) is 5.88 Å². The molecule has 0 aliphatic heterocycles. The van der Waals surface area contributed by atoms with Crippen molar-refractivity contribution in [3.8, 4) is 11.1 Å². The SMILES string of the molecule is Nc1onc(CC2CC2)c1-c1ccncc1. The van der Waals surface area contributed by atoms with Crippen molar-refractivity contribution in [2.75, 3.05) is 5.73 Å². The fourth-order valence-electron chi connectivity index (χ4n) is 1.90. The van der Waals surface area contributed by atoms with Gasteiger partial charge in [-0.2, -0.15) is 0 Å². The van der Waals surface area contributed by atoms with E-state index in [4.69, 9.17) is 10.3 Å². The van der Waals surface area contributed by atoms with Gasteiger partial charge >= 0.3 is 0 Å². The second-order valence-electron chi connectivity index (χ2n) is 4.25. The van der Waals surface area contributed by atoms with Gasteiger partial charge in [-0.1, -0.05) is 5.16 Å². The summed E-state index contributed by atoms with van der Waals surface area (Å²) in [6.45, 7) is 0. The summed E-state index contributed by atoms with van der Waals surface area (Å²) in [7, 11) is 0. The summed E-state index contributed by atoms with van der Waals surface area (Å²) in [6.07, 6.45) is 7.06. The van der Waals surface area contributed by atoms with Crippen molar-refractivity contribution in [1.29, 1.82) is 0 Å². The minimum atomic E-state index is 0.404. The Morgan fingerprint density at radius 3 is 2.75 bits per heavy atom. The summed E-state index contributed by atoms with van der Waals surface area (Å²) >= 11 is 0. The third-order valence-electron chi connectivity index (χ3n) is 2.94. The van der Waals surface area contributed by atoms with Gasteiger partial charge in [0.15, 0.2) is 0 Å². The molecule has 0 spiro atoms. The smallest absolute Gasteiger partial charge is 0.230 e. The van der Waals surface area contributed by atoms with E-state index in [2.05, 4.69) is 10.1 Å². The molecule has 0 unspecified atom stereocenters. The Bertz CT molecular complexity index is 488. The molecule has 2 N–H and O–H groups in total. The van der Waals surface area contributed by atoms with E-state index in [0.717, 1.165) is 29.2 Å². The van der Waals surface area contributed by atoms with Crippen LogP contribution in [0.15, 0.2) is 29.0 Å². The molecule has 82 valence electrons. The normalized spacial score (nSPS) is 15.2. The maximum absolute atomic E-state index is 5.82. The minimum Gasteiger partial charge on any atom is -0.367 e. The molecule has 0 atom stereocenters. The molecular formula is C12H13N3O. The molecule has 0 radical (unpaired) electrons. The molecule has 2 aromatic rings. The summed E-state index contributed by atoms with van der Waals surface area (Å²) in [5, 5.41) is 4.05. The van der Waals surface area contributed by atoms with Gasteiger partial charge in [0, 0.05) is 12.4 Å². The fraction of sp³-hybridized carbons (Fsp3) is 0.333. The summed E-state index contributed by atoms with van der Waals surface area (Å²) in [5.74, 6) is 1.17. The van der Waals surface area contributed by atoms with Gasteiger partial charge in [0.2, 0.25) is 5.88 Å². The highest BCUT2D eigenvalue weighted by atomic mass is 16.5. The van der Waals surface area contributed by atoms with Gasteiger partial charge in [-0.25, -0.2) is 0 Å². The van der Waals surface area contributed by atoms with Crippen LogP contribution in [0.5, 0.6) is 0 Å². The van der Waals surface area contributed by atoms with E-state index in [0.29, 0.717) is 5.88 Å². The predicted octanol–water partition coefficient (Wildman–Crippen LogP) is 2.27. The van der Waals surface area contributed by atoms with Gasteiger partial charge in [0.05, 0.1) is 11.3 Å². The van der Waals surface area contributed by atoms with Crippen LogP contribution in [0.25, 0.3) is 11.1 Å². The molecule has 16 heavy (non-hydrogen) atoms. The summed E-state index contributed by atoms with van der Waals surface area (Å²) in [6, 6.07) is 3.86. The van der Waals surface area contributed by atoms with Crippen LogP contribution in [-0.4, -0.2) is 10.1 Å². The van der Waals surface area contributed by atoms with Crippen LogP contribution < -0.4 is 5.73 Å². The molecule has 0 bridgehead atoms. The molecule has 4 nitrogen and oxygen atoms in total. The number of hydrogen-bond acceptors (Lipinski definition) is 4. The Labute approximate surface area is 93.5 Å². The van der Waals surface area contributed by atoms with Gasteiger partial charge in [0.1, 0.15) is 0 Å². The molecule has 3 rings (SSSR count). The van der Waals surface area contributed by atoms with E-state index in [9.17, 15) is 0 Å². The lowest BCUT2D eigenvalue weighted by molar-refractivity contribution is 0.426. The largest absolute Gasteiger partial charge is 0.367 e. The maximum atomic E-state index is 5.82. The molecule has 2 aromatic heterocycles. The average molecular weight is 215 g/mol. The molecule has 1 saturated carbocycles. The zero-order valence-corrected chi connectivity index (χ0v) is 8.89. The zero-order valence-electron chi connectivity index (χ0n) is 8.89. The van der Waals surface area contributed by atoms with Crippen molar-refractivity contribution in [3.05, 3.63) is 30.2 Å². The Morgan fingerprint density at radius 1 is 1.31 bits per heavy atom. The Hall–Kier alpha value is -1.84. The highest BCUT2D eigenvalue weighted by Crippen LogP contribution is 2.37. The number of pyridine rings is 1. The number of anilines is 1. The molecule has 1 aliphatic rings. The number of nitrogen functional groups attached to an aromatic ring is 1. The van der Waals surface area contributed by atoms with Crippen molar-refractivity contribution in [2.45, 2.75) is 19.3 Å². The summed E-state index contributed by atoms with van der Waals surface area (Å²) < 4.78 is 5.09. The summed E-state index contributed by atoms with van der Waals surface area (Å²) in [5.41, 5.74) is 8.77. The first kappa shape index (κ1) is 9.39. The second-order valence-corrected chi connectivity index (χ2v) is 4.25. The number of rotatable bonds is 3. The van der Waals surface area contributed by atoms with E-state index in [1.54, 1.807) is 12.4 Å². The maximum Gasteiger partial charge on any atom is 0.230 e. The molecule has 0 amide bonds. The topological polar surface area (TPSA) is 64.9 Å². The Balaban J connectivity index is 2.01. The molecular weight excluding hydrogens is 202 g/mol. The Kier molecular flexibility index (Phi) is 2.13. The number of hydrogen-bond donors (Lipinski definition) is 1. The van der Waals surface area contributed by atoms with Crippen LogP contribution in [0, 0.1) is 5.92 Å². The van der Waals surface area contributed by atoms with E-state index in [1.165, 1.54) is 12.8 Å². The first-order valence-corrected chi connectivity index (χ1v) is 5.49. The van der Waals surface area contributed by atoms with Crippen LogP contribution >= 0.6 is 0 Å². The monoisotopic (exact) mass is 215 g/mol. The quantitative estimate of drug-likeness (QED) is 0.853. The molecule has 2 heterocycles. The van der Waals surface area contributed by atoms with E-state index < -0.39 is 0 Å². The van der Waals surface area contributed by atoms with Gasteiger partial charge in [-0.15, -0.1) is 0 Å². The lowest BCUT2D eigenvalue weighted by Crippen LogP contribution is -1.92. The van der Waals surface area contributed by atoms with Gasteiger partial charge in [-0.05, 0) is 42.9 Å². The van der Waals surface area contributed by atoms with Crippen molar-refractivity contribution in [3.63, 3.8) is 0 Å². The first-order chi connectivity index (χ1) is 7.84. The number of nitrogens with two attached hydrogens (primary N) is 1. The lowest BCUT2D eigenvalue weighted by atomic mass is 10.0. The van der Waals surface area contributed by atoms with E-state index in [-0.39, 0.29) is 0 Å². The third-order valence-corrected chi connectivity index (χ3v) is 2.94. The standard InChI is InChI=1S/C12H13N3O/c13-12-11(9-3-5-14-6-4-9)10(15-16-12)7-8-1-2-8/h3-6,8H,1-2,7,13H2. The third kappa shape index (κ3) is 1.66.